The van der Waals surface area contributed by atoms with Gasteiger partial charge < -0.3 is 4.74 Å². The standard InChI is InChI=1S/C22H18ClN3O3S2/c1-2-3-11-26-21(28)17(31-22(26)30)13-14-19(29-16-9-5-4-8-15(16)23)24-18-10-6-7-12-25(18)20(14)27/h4-10,12-13H,2-3,11H2,1H3/b17-13+. The van der Waals surface area contributed by atoms with E-state index in [9.17, 15) is 9.59 Å². The molecule has 2 aromatic heterocycles. The molecule has 0 N–H and O–H groups in total. The average Bonchev–Trinajstić information content (AvgIpc) is 3.03. The molecule has 158 valence electrons. The molecule has 9 heteroatoms. The Labute approximate surface area is 193 Å². The van der Waals surface area contributed by atoms with Crippen molar-refractivity contribution in [3.8, 4) is 11.6 Å². The van der Waals surface area contributed by atoms with Crippen molar-refractivity contribution in [3.05, 3.63) is 74.5 Å². The van der Waals surface area contributed by atoms with Crippen LogP contribution in [0.2, 0.25) is 5.02 Å². The number of pyridine rings is 1. The molecule has 31 heavy (non-hydrogen) atoms. The number of hydrogen-bond acceptors (Lipinski definition) is 6. The van der Waals surface area contributed by atoms with Crippen LogP contribution in [0.15, 0.2) is 58.4 Å². The summed E-state index contributed by atoms with van der Waals surface area (Å²) in [5, 5.41) is 0.384. The van der Waals surface area contributed by atoms with Crippen molar-refractivity contribution in [2.75, 3.05) is 6.54 Å². The van der Waals surface area contributed by atoms with Crippen LogP contribution in [0.4, 0.5) is 0 Å². The summed E-state index contributed by atoms with van der Waals surface area (Å²) in [4.78, 5) is 32.6. The van der Waals surface area contributed by atoms with Gasteiger partial charge in [0, 0.05) is 12.7 Å². The minimum atomic E-state index is -0.355. The van der Waals surface area contributed by atoms with E-state index in [2.05, 4.69) is 4.98 Å². The molecule has 3 heterocycles. The number of fused-ring (bicyclic) bond motifs is 1. The molecule has 1 aliphatic heterocycles. The van der Waals surface area contributed by atoms with Crippen LogP contribution in [0, 0.1) is 0 Å². The van der Waals surface area contributed by atoms with Crippen LogP contribution >= 0.6 is 35.6 Å². The van der Waals surface area contributed by atoms with Crippen molar-refractivity contribution >= 4 is 57.5 Å². The molecule has 1 aromatic carbocycles. The number of ether oxygens (including phenoxy) is 1. The summed E-state index contributed by atoms with van der Waals surface area (Å²) in [6, 6.07) is 12.1. The van der Waals surface area contributed by atoms with Crippen molar-refractivity contribution < 1.29 is 9.53 Å². The van der Waals surface area contributed by atoms with E-state index in [4.69, 9.17) is 28.6 Å². The predicted octanol–water partition coefficient (Wildman–Crippen LogP) is 5.14. The molecule has 0 saturated carbocycles. The van der Waals surface area contributed by atoms with Crippen molar-refractivity contribution in [1.29, 1.82) is 0 Å². The number of carbonyl (C=O) groups excluding carboxylic acids is 1. The Morgan fingerprint density at radius 3 is 2.74 bits per heavy atom. The van der Waals surface area contributed by atoms with Gasteiger partial charge in [-0.1, -0.05) is 67.1 Å². The van der Waals surface area contributed by atoms with E-state index in [0.29, 0.717) is 32.2 Å². The lowest BCUT2D eigenvalue weighted by Crippen LogP contribution is -2.29. The van der Waals surface area contributed by atoms with E-state index < -0.39 is 0 Å². The number of unbranched alkanes of at least 4 members (excludes halogenated alkanes) is 1. The maximum absolute atomic E-state index is 13.3. The van der Waals surface area contributed by atoms with Gasteiger partial charge in [-0.2, -0.15) is 4.98 Å². The molecule has 6 nitrogen and oxygen atoms in total. The van der Waals surface area contributed by atoms with Crippen LogP contribution in [0.1, 0.15) is 25.3 Å². The number of thioether (sulfide) groups is 1. The summed E-state index contributed by atoms with van der Waals surface area (Å²) in [6.07, 6.45) is 4.92. The molecule has 0 bridgehead atoms. The zero-order valence-corrected chi connectivity index (χ0v) is 19.0. The topological polar surface area (TPSA) is 63.9 Å². The number of hydrogen-bond donors (Lipinski definition) is 0. The maximum Gasteiger partial charge on any atom is 0.269 e. The number of benzene rings is 1. The summed E-state index contributed by atoms with van der Waals surface area (Å²) in [5.74, 6) is 0.217. The number of amides is 1. The van der Waals surface area contributed by atoms with Gasteiger partial charge in [0.2, 0.25) is 5.88 Å². The first kappa shape index (κ1) is 21.5. The lowest BCUT2D eigenvalue weighted by molar-refractivity contribution is -0.122. The Kier molecular flexibility index (Phi) is 6.41. The molecule has 0 atom stereocenters. The average molecular weight is 472 g/mol. The third kappa shape index (κ3) is 4.37. The maximum atomic E-state index is 13.3. The van der Waals surface area contributed by atoms with Gasteiger partial charge in [-0.15, -0.1) is 0 Å². The normalized spacial score (nSPS) is 15.3. The van der Waals surface area contributed by atoms with Gasteiger partial charge in [-0.3, -0.25) is 18.9 Å². The summed E-state index contributed by atoms with van der Waals surface area (Å²) in [5.41, 5.74) is 0.216. The highest BCUT2D eigenvalue weighted by Gasteiger charge is 2.32. The molecule has 1 fully saturated rings. The third-order valence-electron chi connectivity index (χ3n) is 4.66. The minimum absolute atomic E-state index is 0.0723. The second kappa shape index (κ2) is 9.21. The third-order valence-corrected chi connectivity index (χ3v) is 6.35. The Morgan fingerprint density at radius 2 is 1.97 bits per heavy atom. The van der Waals surface area contributed by atoms with Crippen LogP contribution in [0.3, 0.4) is 0 Å². The highest BCUT2D eigenvalue weighted by molar-refractivity contribution is 8.26. The lowest BCUT2D eigenvalue weighted by Gasteiger charge is -2.13. The van der Waals surface area contributed by atoms with E-state index in [0.717, 1.165) is 12.8 Å². The number of rotatable bonds is 6. The van der Waals surface area contributed by atoms with Crippen LogP contribution in [-0.4, -0.2) is 31.1 Å². The van der Waals surface area contributed by atoms with E-state index in [1.807, 2.05) is 6.92 Å². The Balaban J connectivity index is 1.83. The summed E-state index contributed by atoms with van der Waals surface area (Å²) in [7, 11) is 0. The smallest absolute Gasteiger partial charge is 0.269 e. The Morgan fingerprint density at radius 1 is 1.19 bits per heavy atom. The quantitative estimate of drug-likeness (QED) is 0.366. The number of halogens is 1. The first-order valence-electron chi connectivity index (χ1n) is 9.68. The molecule has 0 spiro atoms. The fourth-order valence-electron chi connectivity index (χ4n) is 3.06. The first-order chi connectivity index (χ1) is 15.0. The Bertz CT molecular complexity index is 1270. The molecule has 0 aliphatic carbocycles. The Hall–Kier alpha value is -2.68. The van der Waals surface area contributed by atoms with Gasteiger partial charge in [-0.05, 0) is 36.8 Å². The van der Waals surface area contributed by atoms with Crippen LogP contribution in [0.5, 0.6) is 11.6 Å². The second-order valence-electron chi connectivity index (χ2n) is 6.78. The van der Waals surface area contributed by atoms with E-state index in [-0.39, 0.29) is 22.9 Å². The number of nitrogens with zero attached hydrogens (tertiary/aromatic N) is 3. The summed E-state index contributed by atoms with van der Waals surface area (Å²) < 4.78 is 7.81. The van der Waals surface area contributed by atoms with Crippen molar-refractivity contribution in [1.82, 2.24) is 14.3 Å². The minimum Gasteiger partial charge on any atom is -0.437 e. The zero-order chi connectivity index (χ0) is 22.0. The lowest BCUT2D eigenvalue weighted by atomic mass is 10.2. The second-order valence-corrected chi connectivity index (χ2v) is 8.87. The van der Waals surface area contributed by atoms with Crippen molar-refractivity contribution in [2.24, 2.45) is 0 Å². The van der Waals surface area contributed by atoms with Gasteiger partial charge in [0.1, 0.15) is 21.3 Å². The number of thiocarbonyl (C=S) groups is 1. The zero-order valence-electron chi connectivity index (χ0n) is 16.6. The largest absolute Gasteiger partial charge is 0.437 e. The number of para-hydroxylation sites is 1. The monoisotopic (exact) mass is 471 g/mol. The van der Waals surface area contributed by atoms with E-state index >= 15 is 0 Å². The fourth-order valence-corrected chi connectivity index (χ4v) is 4.52. The van der Waals surface area contributed by atoms with Gasteiger partial charge in [0.25, 0.3) is 11.5 Å². The summed E-state index contributed by atoms with van der Waals surface area (Å²) >= 11 is 12.8. The molecular weight excluding hydrogens is 454 g/mol. The van der Waals surface area contributed by atoms with Gasteiger partial charge in [-0.25, -0.2) is 0 Å². The van der Waals surface area contributed by atoms with Crippen molar-refractivity contribution in [3.63, 3.8) is 0 Å². The SMILES string of the molecule is CCCCN1C(=O)/C(=C\c2c(Oc3ccccc3Cl)nc3ccccn3c2=O)SC1=S. The molecular formula is C22H18ClN3O3S2. The molecule has 4 rings (SSSR count). The van der Waals surface area contributed by atoms with Gasteiger partial charge >= 0.3 is 0 Å². The van der Waals surface area contributed by atoms with Gasteiger partial charge in [0.05, 0.1) is 9.93 Å². The van der Waals surface area contributed by atoms with Crippen molar-refractivity contribution in [2.45, 2.75) is 19.8 Å². The number of aromatic nitrogens is 2. The van der Waals surface area contributed by atoms with Crippen LogP contribution in [-0.2, 0) is 4.79 Å². The first-order valence-corrected chi connectivity index (χ1v) is 11.3. The molecule has 0 radical (unpaired) electrons. The van der Waals surface area contributed by atoms with Gasteiger partial charge in [0.15, 0.2) is 0 Å². The molecule has 0 unspecified atom stereocenters. The van der Waals surface area contributed by atoms with E-state index in [1.54, 1.807) is 53.6 Å². The summed E-state index contributed by atoms with van der Waals surface area (Å²) in [6.45, 7) is 2.60. The molecule has 1 aliphatic rings. The molecule has 1 saturated heterocycles. The van der Waals surface area contributed by atoms with Crippen LogP contribution in [0.25, 0.3) is 11.7 Å². The fraction of sp³-hybridized carbons (Fsp3) is 0.182. The predicted molar refractivity (Wildman–Crippen MR) is 128 cm³/mol. The van der Waals surface area contributed by atoms with E-state index in [1.165, 1.54) is 22.2 Å². The molecule has 3 aromatic rings. The molecule has 1 amide bonds. The number of carbonyl (C=O) groups is 1. The highest BCUT2D eigenvalue weighted by atomic mass is 35.5. The van der Waals surface area contributed by atoms with Crippen LogP contribution < -0.4 is 10.3 Å². The highest BCUT2D eigenvalue weighted by Crippen LogP contribution is 2.35.